The summed E-state index contributed by atoms with van der Waals surface area (Å²) in [6, 6.07) is 28.3. The van der Waals surface area contributed by atoms with Gasteiger partial charge in [0.2, 0.25) is 0 Å². The second kappa shape index (κ2) is 11.0. The van der Waals surface area contributed by atoms with Crippen molar-refractivity contribution in [1.29, 1.82) is 0 Å². The number of para-hydroxylation sites is 1. The van der Waals surface area contributed by atoms with Crippen LogP contribution in [0, 0.1) is 0 Å². The lowest BCUT2D eigenvalue weighted by molar-refractivity contribution is -0.123. The lowest BCUT2D eigenvalue weighted by atomic mass is 10.1. The van der Waals surface area contributed by atoms with Crippen LogP contribution in [0.4, 0.5) is 0 Å². The van der Waals surface area contributed by atoms with Gasteiger partial charge >= 0.3 is 0 Å². The van der Waals surface area contributed by atoms with E-state index >= 15 is 0 Å². The van der Waals surface area contributed by atoms with Crippen LogP contribution in [0.5, 0.6) is 5.75 Å². The molecule has 6 rings (SSSR count). The molecular formula is C31H27N3O2S2. The SMILES string of the molecule is O=C1C(=Cc2cn(-c3ccccc3)nc2-c2ccc(OCc3ccccc3)cc2)SC(=S)N1C1CCCC1. The molecule has 0 bridgehead atoms. The van der Waals surface area contributed by atoms with Crippen molar-refractivity contribution in [2.45, 2.75) is 38.3 Å². The van der Waals surface area contributed by atoms with Crippen LogP contribution in [0.15, 0.2) is 96.0 Å². The van der Waals surface area contributed by atoms with E-state index in [1.807, 2.05) is 107 Å². The van der Waals surface area contributed by atoms with Gasteiger partial charge in [-0.15, -0.1) is 0 Å². The molecule has 0 radical (unpaired) electrons. The number of benzene rings is 3. The number of thioether (sulfide) groups is 1. The minimum absolute atomic E-state index is 0.00923. The summed E-state index contributed by atoms with van der Waals surface area (Å²) in [5, 5.41) is 4.92. The van der Waals surface area contributed by atoms with E-state index in [-0.39, 0.29) is 11.9 Å². The third-order valence-corrected chi connectivity index (χ3v) is 8.27. The minimum Gasteiger partial charge on any atom is -0.489 e. The molecule has 2 fully saturated rings. The fourth-order valence-electron chi connectivity index (χ4n) is 4.98. The molecule has 190 valence electrons. The summed E-state index contributed by atoms with van der Waals surface area (Å²) in [5.74, 6) is 0.800. The number of hydrogen-bond donors (Lipinski definition) is 0. The second-order valence-corrected chi connectivity index (χ2v) is 11.2. The van der Waals surface area contributed by atoms with Crippen LogP contribution in [0.2, 0.25) is 0 Å². The van der Waals surface area contributed by atoms with Gasteiger partial charge in [-0.05, 0) is 60.9 Å². The molecule has 0 atom stereocenters. The Hall–Kier alpha value is -3.68. The van der Waals surface area contributed by atoms with Gasteiger partial charge in [0.1, 0.15) is 16.7 Å². The maximum Gasteiger partial charge on any atom is 0.266 e. The number of rotatable bonds is 7. The normalized spacial score (nSPS) is 17.1. The highest BCUT2D eigenvalue weighted by Gasteiger charge is 2.38. The monoisotopic (exact) mass is 537 g/mol. The average molecular weight is 538 g/mol. The number of thiocarbonyl (C=S) groups is 1. The van der Waals surface area contributed by atoms with E-state index < -0.39 is 0 Å². The van der Waals surface area contributed by atoms with Crippen LogP contribution in [-0.2, 0) is 11.4 Å². The van der Waals surface area contributed by atoms with Crippen LogP contribution < -0.4 is 4.74 Å². The van der Waals surface area contributed by atoms with Gasteiger partial charge in [0.15, 0.2) is 0 Å². The summed E-state index contributed by atoms with van der Waals surface area (Å²) in [7, 11) is 0. The number of amides is 1. The van der Waals surface area contributed by atoms with Crippen molar-refractivity contribution in [1.82, 2.24) is 14.7 Å². The summed E-state index contributed by atoms with van der Waals surface area (Å²) < 4.78 is 8.49. The molecule has 1 saturated carbocycles. The molecule has 1 aromatic heterocycles. The number of nitrogens with zero attached hydrogens (tertiary/aromatic N) is 3. The van der Waals surface area contributed by atoms with Crippen molar-refractivity contribution in [2.24, 2.45) is 0 Å². The van der Waals surface area contributed by atoms with E-state index in [1.165, 1.54) is 11.8 Å². The summed E-state index contributed by atoms with van der Waals surface area (Å²) >= 11 is 7.01. The minimum atomic E-state index is 0.00923. The van der Waals surface area contributed by atoms with Crippen LogP contribution in [-0.4, -0.2) is 30.9 Å². The first-order valence-corrected chi connectivity index (χ1v) is 14.1. The quantitative estimate of drug-likeness (QED) is 0.183. The van der Waals surface area contributed by atoms with Crippen molar-refractivity contribution < 1.29 is 9.53 Å². The molecule has 3 aromatic carbocycles. The van der Waals surface area contributed by atoms with Crippen molar-refractivity contribution in [3.63, 3.8) is 0 Å². The zero-order valence-corrected chi connectivity index (χ0v) is 22.5. The summed E-state index contributed by atoms with van der Waals surface area (Å²) in [5.41, 5.74) is 4.70. The lowest BCUT2D eigenvalue weighted by Crippen LogP contribution is -2.36. The van der Waals surface area contributed by atoms with E-state index in [0.717, 1.165) is 59.5 Å². The van der Waals surface area contributed by atoms with Gasteiger partial charge in [-0.25, -0.2) is 4.68 Å². The Balaban J connectivity index is 1.31. The molecule has 1 aliphatic heterocycles. The topological polar surface area (TPSA) is 47.4 Å². The van der Waals surface area contributed by atoms with Crippen molar-refractivity contribution in [3.8, 4) is 22.7 Å². The van der Waals surface area contributed by atoms with Crippen molar-refractivity contribution in [3.05, 3.63) is 107 Å². The van der Waals surface area contributed by atoms with Crippen molar-refractivity contribution in [2.75, 3.05) is 0 Å². The molecular weight excluding hydrogens is 510 g/mol. The average Bonchev–Trinajstić information content (AvgIpc) is 3.69. The molecule has 2 aliphatic rings. The zero-order valence-electron chi connectivity index (χ0n) is 20.8. The summed E-state index contributed by atoms with van der Waals surface area (Å²) in [6.45, 7) is 0.511. The Morgan fingerprint density at radius 1 is 0.947 bits per heavy atom. The van der Waals surface area contributed by atoms with Gasteiger partial charge in [-0.1, -0.05) is 85.4 Å². The first-order valence-electron chi connectivity index (χ1n) is 12.8. The maximum atomic E-state index is 13.4. The number of ether oxygens (including phenoxy) is 1. The molecule has 7 heteroatoms. The molecule has 0 N–H and O–H groups in total. The molecule has 2 heterocycles. The number of carbonyl (C=O) groups is 1. The largest absolute Gasteiger partial charge is 0.489 e. The second-order valence-electron chi connectivity index (χ2n) is 9.50. The van der Waals surface area contributed by atoms with Gasteiger partial charge in [0.25, 0.3) is 5.91 Å². The van der Waals surface area contributed by atoms with Gasteiger partial charge in [-0.2, -0.15) is 5.10 Å². The van der Waals surface area contributed by atoms with Gasteiger partial charge in [-0.3, -0.25) is 9.69 Å². The summed E-state index contributed by atoms with van der Waals surface area (Å²) in [6.07, 6.45) is 8.27. The molecule has 1 aliphatic carbocycles. The van der Waals surface area contributed by atoms with Crippen LogP contribution >= 0.6 is 24.0 Å². The molecule has 5 nitrogen and oxygen atoms in total. The predicted molar refractivity (Wildman–Crippen MR) is 157 cm³/mol. The third kappa shape index (κ3) is 5.17. The molecule has 38 heavy (non-hydrogen) atoms. The van der Waals surface area contributed by atoms with E-state index in [0.29, 0.717) is 15.8 Å². The Kier molecular flexibility index (Phi) is 7.12. The Morgan fingerprint density at radius 2 is 1.63 bits per heavy atom. The van der Waals surface area contributed by atoms with Crippen LogP contribution in [0.3, 0.4) is 0 Å². The smallest absolute Gasteiger partial charge is 0.266 e. The highest BCUT2D eigenvalue weighted by molar-refractivity contribution is 8.26. The fraction of sp³-hybridized carbons (Fsp3) is 0.194. The predicted octanol–water partition coefficient (Wildman–Crippen LogP) is 7.26. The first-order chi connectivity index (χ1) is 18.7. The molecule has 1 amide bonds. The van der Waals surface area contributed by atoms with Crippen LogP contribution in [0.25, 0.3) is 23.0 Å². The van der Waals surface area contributed by atoms with E-state index in [2.05, 4.69) is 0 Å². The first kappa shape index (κ1) is 24.6. The van der Waals surface area contributed by atoms with Gasteiger partial charge in [0, 0.05) is 23.4 Å². The third-order valence-electron chi connectivity index (χ3n) is 6.94. The van der Waals surface area contributed by atoms with Crippen LogP contribution in [0.1, 0.15) is 36.8 Å². The fourth-order valence-corrected chi connectivity index (χ4v) is 6.37. The van der Waals surface area contributed by atoms with Gasteiger partial charge in [0.05, 0.1) is 16.3 Å². The number of aromatic nitrogens is 2. The van der Waals surface area contributed by atoms with E-state index in [1.54, 1.807) is 0 Å². The Morgan fingerprint density at radius 3 is 2.34 bits per heavy atom. The lowest BCUT2D eigenvalue weighted by Gasteiger charge is -2.21. The Labute approximate surface area is 232 Å². The molecule has 1 saturated heterocycles. The molecule has 0 spiro atoms. The molecule has 4 aromatic rings. The number of hydrogen-bond acceptors (Lipinski definition) is 5. The van der Waals surface area contributed by atoms with E-state index in [9.17, 15) is 4.79 Å². The zero-order chi connectivity index (χ0) is 25.9. The van der Waals surface area contributed by atoms with Crippen molar-refractivity contribution >= 4 is 40.3 Å². The number of carbonyl (C=O) groups excluding carboxylic acids is 1. The molecule has 0 unspecified atom stereocenters. The van der Waals surface area contributed by atoms with Gasteiger partial charge < -0.3 is 4.74 Å². The summed E-state index contributed by atoms with van der Waals surface area (Å²) in [4.78, 5) is 15.9. The Bertz CT molecular complexity index is 1470. The standard InChI is InChI=1S/C31H27N3O2S2/c35-30-28(38-31(37)34(30)26-13-7-8-14-26)19-24-20-33(25-11-5-2-6-12-25)32-29(24)23-15-17-27(18-16-23)36-21-22-9-3-1-4-10-22/h1-6,9-12,15-20,26H,7-8,13-14,21H2. The maximum absolute atomic E-state index is 13.4. The highest BCUT2D eigenvalue weighted by Crippen LogP contribution is 2.39. The highest BCUT2D eigenvalue weighted by atomic mass is 32.2. The van der Waals surface area contributed by atoms with E-state index in [4.69, 9.17) is 22.1 Å².